The van der Waals surface area contributed by atoms with Crippen LogP contribution in [0.4, 0.5) is 20.2 Å². The number of halogens is 3. The fraction of sp³-hybridized carbons (Fsp3) is 0.0769. The number of hydrogen-bond acceptors (Lipinski definition) is 3. The van der Waals surface area contributed by atoms with Crippen LogP contribution in [0.2, 0.25) is 5.15 Å². The third-order valence-electron chi connectivity index (χ3n) is 2.57. The van der Waals surface area contributed by atoms with E-state index in [1.807, 2.05) is 0 Å². The molecule has 0 spiro atoms. The van der Waals surface area contributed by atoms with E-state index in [2.05, 4.69) is 10.3 Å². The number of nitrogens with two attached hydrogens (primary N) is 1. The van der Waals surface area contributed by atoms with Gasteiger partial charge in [-0.2, -0.15) is 0 Å². The van der Waals surface area contributed by atoms with Gasteiger partial charge in [-0.05, 0) is 30.7 Å². The van der Waals surface area contributed by atoms with Gasteiger partial charge in [0.1, 0.15) is 11.4 Å². The molecule has 0 radical (unpaired) electrons. The zero-order chi connectivity index (χ0) is 14.9. The zero-order valence-corrected chi connectivity index (χ0v) is 11.1. The lowest BCUT2D eigenvalue weighted by atomic mass is 10.1. The van der Waals surface area contributed by atoms with Crippen LogP contribution in [-0.4, -0.2) is 10.9 Å². The molecule has 0 aliphatic heterocycles. The monoisotopic (exact) mass is 297 g/mol. The fourth-order valence-electron chi connectivity index (χ4n) is 1.60. The Bertz CT molecular complexity index is 692. The molecule has 104 valence electrons. The van der Waals surface area contributed by atoms with Crippen LogP contribution >= 0.6 is 11.6 Å². The van der Waals surface area contributed by atoms with Crippen LogP contribution in [0.25, 0.3) is 0 Å². The molecular weight excluding hydrogens is 288 g/mol. The van der Waals surface area contributed by atoms with E-state index in [0.29, 0.717) is 0 Å². The Morgan fingerprint density at radius 2 is 2.10 bits per heavy atom. The highest BCUT2D eigenvalue weighted by Gasteiger charge is 2.20. The highest BCUT2D eigenvalue weighted by atomic mass is 35.5. The maximum absolute atomic E-state index is 13.7. The number of aromatic nitrogens is 1. The summed E-state index contributed by atoms with van der Waals surface area (Å²) < 4.78 is 27.3. The maximum Gasteiger partial charge on any atom is 0.261 e. The number of carbonyl (C=O) groups excluding carboxylic acids is 1. The first-order valence-corrected chi connectivity index (χ1v) is 5.95. The topological polar surface area (TPSA) is 68.0 Å². The van der Waals surface area contributed by atoms with Gasteiger partial charge in [-0.3, -0.25) is 4.79 Å². The van der Waals surface area contributed by atoms with Crippen LogP contribution in [0, 0.1) is 18.6 Å². The molecule has 1 aromatic carbocycles. The van der Waals surface area contributed by atoms with Crippen molar-refractivity contribution in [3.05, 3.63) is 52.3 Å². The Morgan fingerprint density at radius 1 is 1.40 bits per heavy atom. The summed E-state index contributed by atoms with van der Waals surface area (Å²) in [6, 6.07) is 3.50. The summed E-state index contributed by atoms with van der Waals surface area (Å²) in [5, 5.41) is 2.33. The number of nitrogens with one attached hydrogen (secondary N) is 1. The van der Waals surface area contributed by atoms with Crippen molar-refractivity contribution in [1.82, 2.24) is 4.98 Å². The molecule has 4 nitrogen and oxygen atoms in total. The molecule has 0 saturated heterocycles. The highest BCUT2D eigenvalue weighted by Crippen LogP contribution is 2.23. The molecule has 0 saturated carbocycles. The molecule has 0 aliphatic rings. The van der Waals surface area contributed by atoms with Gasteiger partial charge in [-0.1, -0.05) is 11.6 Å². The second-order valence-electron chi connectivity index (χ2n) is 4.13. The number of nitrogen functional groups attached to an aromatic ring is 1. The molecule has 0 unspecified atom stereocenters. The lowest BCUT2D eigenvalue weighted by Crippen LogP contribution is -2.17. The first kappa shape index (κ1) is 14.2. The molecule has 1 aromatic heterocycles. The summed E-state index contributed by atoms with van der Waals surface area (Å²) in [6.45, 7) is 1.74. The van der Waals surface area contributed by atoms with Crippen molar-refractivity contribution < 1.29 is 13.6 Å². The van der Waals surface area contributed by atoms with E-state index in [4.69, 9.17) is 17.3 Å². The van der Waals surface area contributed by atoms with Crippen LogP contribution in [0.1, 0.15) is 15.9 Å². The number of aryl methyl sites for hydroxylation is 1. The number of amides is 1. The minimum absolute atomic E-state index is 0.0219. The molecule has 3 N–H and O–H groups in total. The molecule has 0 fully saturated rings. The largest absolute Gasteiger partial charge is 0.396 e. The van der Waals surface area contributed by atoms with Crippen molar-refractivity contribution in [2.45, 2.75) is 6.92 Å². The van der Waals surface area contributed by atoms with Crippen molar-refractivity contribution in [3.63, 3.8) is 0 Å². The molecule has 7 heteroatoms. The highest BCUT2D eigenvalue weighted by molar-refractivity contribution is 6.32. The van der Waals surface area contributed by atoms with Crippen LogP contribution in [0.3, 0.4) is 0 Å². The normalized spacial score (nSPS) is 10.4. The molecular formula is C13H10ClF2N3O. The average Bonchev–Trinajstić information content (AvgIpc) is 2.39. The molecule has 2 aromatic rings. The lowest BCUT2D eigenvalue weighted by molar-refractivity contribution is 0.101. The Labute approximate surface area is 118 Å². The van der Waals surface area contributed by atoms with Gasteiger partial charge in [0.25, 0.3) is 5.91 Å². The van der Waals surface area contributed by atoms with E-state index in [0.717, 1.165) is 17.7 Å². The van der Waals surface area contributed by atoms with E-state index in [-0.39, 0.29) is 16.5 Å². The Morgan fingerprint density at radius 3 is 2.80 bits per heavy atom. The predicted molar refractivity (Wildman–Crippen MR) is 72.7 cm³/mol. The van der Waals surface area contributed by atoms with Gasteiger partial charge in [0.15, 0.2) is 11.0 Å². The second-order valence-corrected chi connectivity index (χ2v) is 4.49. The predicted octanol–water partition coefficient (Wildman–Crippen LogP) is 3.16. The van der Waals surface area contributed by atoms with Crippen molar-refractivity contribution >= 4 is 28.9 Å². The summed E-state index contributed by atoms with van der Waals surface area (Å²) >= 11 is 5.80. The van der Waals surface area contributed by atoms with E-state index in [9.17, 15) is 13.6 Å². The minimum atomic E-state index is -1.11. The Balaban J connectivity index is 2.38. The van der Waals surface area contributed by atoms with E-state index in [1.165, 1.54) is 12.3 Å². The van der Waals surface area contributed by atoms with Crippen LogP contribution < -0.4 is 11.1 Å². The van der Waals surface area contributed by atoms with Crippen LogP contribution in [0.5, 0.6) is 0 Å². The molecule has 0 aliphatic carbocycles. The number of benzene rings is 1. The third-order valence-corrected chi connectivity index (χ3v) is 2.87. The van der Waals surface area contributed by atoms with E-state index in [1.54, 1.807) is 6.92 Å². The number of hydrogen-bond donors (Lipinski definition) is 2. The first-order valence-electron chi connectivity index (χ1n) is 5.57. The van der Waals surface area contributed by atoms with Gasteiger partial charge in [0, 0.05) is 6.20 Å². The number of pyridine rings is 1. The van der Waals surface area contributed by atoms with Crippen molar-refractivity contribution in [3.8, 4) is 0 Å². The van der Waals surface area contributed by atoms with Crippen molar-refractivity contribution in [2.24, 2.45) is 0 Å². The van der Waals surface area contributed by atoms with Gasteiger partial charge in [0.05, 0.1) is 11.4 Å². The Hall–Kier alpha value is -2.21. The number of nitrogens with zero attached hydrogens (tertiary/aromatic N) is 1. The fourth-order valence-corrected chi connectivity index (χ4v) is 1.75. The smallest absolute Gasteiger partial charge is 0.261 e. The first-order chi connectivity index (χ1) is 9.40. The minimum Gasteiger partial charge on any atom is -0.396 e. The SMILES string of the molecule is Cc1cnc(Cl)c(NC(=O)c2c(F)ccc(N)c2F)c1. The van der Waals surface area contributed by atoms with Gasteiger partial charge in [-0.25, -0.2) is 13.8 Å². The number of rotatable bonds is 2. The summed E-state index contributed by atoms with van der Waals surface area (Å²) in [4.78, 5) is 15.8. The van der Waals surface area contributed by atoms with Crippen molar-refractivity contribution in [2.75, 3.05) is 11.1 Å². The Kier molecular flexibility index (Phi) is 3.85. The maximum atomic E-state index is 13.7. The molecule has 0 atom stereocenters. The standard InChI is InChI=1S/C13H10ClF2N3O/c1-6-4-9(12(14)18-5-6)19-13(20)10-7(15)2-3-8(17)11(10)16/h2-5H,17H2,1H3,(H,19,20). The summed E-state index contributed by atoms with van der Waals surface area (Å²) in [6.07, 6.45) is 1.50. The van der Waals surface area contributed by atoms with Gasteiger partial charge < -0.3 is 11.1 Å². The zero-order valence-electron chi connectivity index (χ0n) is 10.4. The van der Waals surface area contributed by atoms with Gasteiger partial charge >= 0.3 is 0 Å². The lowest BCUT2D eigenvalue weighted by Gasteiger charge is -2.09. The van der Waals surface area contributed by atoms with E-state index >= 15 is 0 Å². The van der Waals surface area contributed by atoms with Gasteiger partial charge in [0.2, 0.25) is 0 Å². The summed E-state index contributed by atoms with van der Waals surface area (Å²) in [5.41, 5.74) is 5.14. The van der Waals surface area contributed by atoms with Gasteiger partial charge in [-0.15, -0.1) is 0 Å². The second kappa shape index (κ2) is 5.42. The molecule has 1 amide bonds. The molecule has 0 bridgehead atoms. The van der Waals surface area contributed by atoms with Crippen LogP contribution in [-0.2, 0) is 0 Å². The molecule has 20 heavy (non-hydrogen) atoms. The average molecular weight is 298 g/mol. The quantitative estimate of drug-likeness (QED) is 0.661. The number of anilines is 2. The number of carbonyl (C=O) groups is 1. The summed E-state index contributed by atoms with van der Waals surface area (Å²) in [7, 11) is 0. The van der Waals surface area contributed by atoms with Crippen molar-refractivity contribution in [1.29, 1.82) is 0 Å². The third kappa shape index (κ3) is 2.70. The van der Waals surface area contributed by atoms with Crippen LogP contribution in [0.15, 0.2) is 24.4 Å². The van der Waals surface area contributed by atoms with E-state index < -0.39 is 23.1 Å². The molecule has 1 heterocycles. The summed E-state index contributed by atoms with van der Waals surface area (Å²) in [5.74, 6) is -3.10. The molecule has 2 rings (SSSR count).